The molecular weight excluding hydrogens is 354 g/mol. The Balaban J connectivity index is 1.35. The number of benzene rings is 1. The largest absolute Gasteiger partial charge is 0.387 e. The Labute approximate surface area is 153 Å². The molecule has 1 amide bonds. The molecule has 1 N–H and O–H groups in total. The third-order valence-corrected chi connectivity index (χ3v) is 7.01. The smallest absolute Gasteiger partial charge is 0.269 e. The lowest BCUT2D eigenvalue weighted by molar-refractivity contribution is -0.115. The molecule has 2 fully saturated rings. The molecule has 0 unspecified atom stereocenters. The molecule has 7 nitrogen and oxygen atoms in total. The minimum atomic E-state index is -3.43. The van der Waals surface area contributed by atoms with Crippen LogP contribution >= 0.6 is 0 Å². The minimum absolute atomic E-state index is 0.0283. The number of carbonyl (C=O) groups excluding carboxylic acids is 1. The van der Waals surface area contributed by atoms with Gasteiger partial charge in [0.25, 0.3) is 5.91 Å². The van der Waals surface area contributed by atoms with Crippen LogP contribution in [0.3, 0.4) is 0 Å². The highest BCUT2D eigenvalue weighted by Crippen LogP contribution is 2.35. The van der Waals surface area contributed by atoms with Crippen molar-refractivity contribution in [1.82, 2.24) is 9.62 Å². The molecule has 8 heteroatoms. The fourth-order valence-electron chi connectivity index (χ4n) is 3.44. The Morgan fingerprint density at radius 3 is 2.81 bits per heavy atom. The van der Waals surface area contributed by atoms with Crippen molar-refractivity contribution in [3.8, 4) is 0 Å². The van der Waals surface area contributed by atoms with Gasteiger partial charge in [-0.25, -0.2) is 8.42 Å². The van der Waals surface area contributed by atoms with Gasteiger partial charge in [-0.2, -0.15) is 4.31 Å². The van der Waals surface area contributed by atoms with Crippen LogP contribution in [0.1, 0.15) is 31.2 Å². The van der Waals surface area contributed by atoms with Gasteiger partial charge in [0, 0.05) is 25.9 Å². The van der Waals surface area contributed by atoms with Crippen LogP contribution in [0.4, 0.5) is 0 Å². The maximum absolute atomic E-state index is 12.7. The molecule has 26 heavy (non-hydrogen) atoms. The highest BCUT2D eigenvalue weighted by molar-refractivity contribution is 7.88. The summed E-state index contributed by atoms with van der Waals surface area (Å²) in [5, 5.41) is 6.84. The predicted molar refractivity (Wildman–Crippen MR) is 96.9 cm³/mol. The first-order chi connectivity index (χ1) is 12.5. The van der Waals surface area contributed by atoms with Crippen LogP contribution in [0.25, 0.3) is 0 Å². The van der Waals surface area contributed by atoms with Crippen molar-refractivity contribution in [3.05, 3.63) is 35.9 Å². The minimum Gasteiger partial charge on any atom is -0.387 e. The van der Waals surface area contributed by atoms with Crippen LogP contribution in [-0.4, -0.2) is 49.6 Å². The highest BCUT2D eigenvalue weighted by Gasteiger charge is 2.49. The third kappa shape index (κ3) is 3.76. The zero-order valence-corrected chi connectivity index (χ0v) is 15.4. The molecule has 2 aliphatic heterocycles. The first-order valence-corrected chi connectivity index (χ1v) is 10.6. The SMILES string of the molecule is O=C(NCC1CC1)C1=NO[C@@]2(CCN(S(=O)(=O)Cc3ccccc3)C2)C1. The lowest BCUT2D eigenvalue weighted by Crippen LogP contribution is -2.39. The van der Waals surface area contributed by atoms with E-state index in [1.54, 1.807) is 12.1 Å². The summed E-state index contributed by atoms with van der Waals surface area (Å²) in [6.07, 6.45) is 3.24. The van der Waals surface area contributed by atoms with E-state index >= 15 is 0 Å². The first kappa shape index (κ1) is 17.5. The molecule has 1 spiro atoms. The van der Waals surface area contributed by atoms with Gasteiger partial charge in [-0.05, 0) is 24.3 Å². The molecule has 0 aromatic heterocycles. The van der Waals surface area contributed by atoms with Crippen molar-refractivity contribution in [3.63, 3.8) is 0 Å². The standard InChI is InChI=1S/C18H23N3O4S/c22-17(19-11-14-6-7-14)16-10-18(25-20-16)8-9-21(13-18)26(23,24)12-15-4-2-1-3-5-15/h1-5,14H,6-13H2,(H,19,22)/t18-/m0/s1. The lowest BCUT2D eigenvalue weighted by Gasteiger charge is -2.21. The predicted octanol–water partition coefficient (Wildman–Crippen LogP) is 1.26. The Kier molecular flexibility index (Phi) is 4.48. The van der Waals surface area contributed by atoms with Crippen LogP contribution < -0.4 is 5.32 Å². The van der Waals surface area contributed by atoms with Crippen LogP contribution in [0.15, 0.2) is 35.5 Å². The normalized spacial score (nSPS) is 25.9. The van der Waals surface area contributed by atoms with Crippen LogP contribution in [0.2, 0.25) is 0 Å². The summed E-state index contributed by atoms with van der Waals surface area (Å²) in [5.41, 5.74) is 0.431. The number of rotatable bonds is 6. The molecule has 2 heterocycles. The van der Waals surface area contributed by atoms with Crippen molar-refractivity contribution in [2.24, 2.45) is 11.1 Å². The Bertz CT molecular complexity index is 820. The number of nitrogens with one attached hydrogen (secondary N) is 1. The molecule has 0 radical (unpaired) electrons. The number of amides is 1. The van der Waals surface area contributed by atoms with E-state index in [-0.39, 0.29) is 18.2 Å². The maximum Gasteiger partial charge on any atom is 0.269 e. The van der Waals surface area contributed by atoms with Crippen LogP contribution in [0.5, 0.6) is 0 Å². The summed E-state index contributed by atoms with van der Waals surface area (Å²) >= 11 is 0. The van der Waals surface area contributed by atoms with Gasteiger partial charge < -0.3 is 10.2 Å². The van der Waals surface area contributed by atoms with E-state index in [4.69, 9.17) is 4.84 Å². The van der Waals surface area contributed by atoms with Gasteiger partial charge in [0.15, 0.2) is 5.60 Å². The van der Waals surface area contributed by atoms with Crippen molar-refractivity contribution < 1.29 is 18.0 Å². The second kappa shape index (κ2) is 6.66. The van der Waals surface area contributed by atoms with E-state index < -0.39 is 15.6 Å². The van der Waals surface area contributed by atoms with E-state index in [0.29, 0.717) is 37.6 Å². The van der Waals surface area contributed by atoms with E-state index in [1.165, 1.54) is 17.1 Å². The van der Waals surface area contributed by atoms with Crippen LogP contribution in [0, 0.1) is 5.92 Å². The quantitative estimate of drug-likeness (QED) is 0.808. The van der Waals surface area contributed by atoms with E-state index in [9.17, 15) is 13.2 Å². The molecule has 1 aromatic carbocycles. The van der Waals surface area contributed by atoms with Crippen LogP contribution in [-0.2, 0) is 25.4 Å². The Hall–Kier alpha value is -1.93. The van der Waals surface area contributed by atoms with Gasteiger partial charge in [0.1, 0.15) is 5.71 Å². The summed E-state index contributed by atoms with van der Waals surface area (Å²) in [7, 11) is -3.43. The summed E-state index contributed by atoms with van der Waals surface area (Å²) in [6.45, 7) is 1.31. The second-order valence-corrected chi connectivity index (χ2v) is 9.44. The number of oxime groups is 1. The molecule has 3 aliphatic rings. The molecule has 140 valence electrons. The maximum atomic E-state index is 12.7. The zero-order chi connectivity index (χ0) is 18.2. The number of nitrogens with zero attached hydrogens (tertiary/aromatic N) is 2. The van der Waals surface area contributed by atoms with E-state index in [2.05, 4.69) is 10.5 Å². The summed E-state index contributed by atoms with van der Waals surface area (Å²) in [4.78, 5) is 17.7. The average molecular weight is 377 g/mol. The summed E-state index contributed by atoms with van der Waals surface area (Å²) in [6, 6.07) is 9.13. The number of hydrogen-bond donors (Lipinski definition) is 1. The lowest BCUT2D eigenvalue weighted by atomic mass is 9.96. The summed E-state index contributed by atoms with van der Waals surface area (Å²) < 4.78 is 26.9. The van der Waals surface area contributed by atoms with E-state index in [1.807, 2.05) is 18.2 Å². The third-order valence-electron chi connectivity index (χ3n) is 5.22. The monoisotopic (exact) mass is 377 g/mol. The molecule has 1 aliphatic carbocycles. The number of sulfonamides is 1. The first-order valence-electron chi connectivity index (χ1n) is 9.01. The molecule has 1 aromatic rings. The zero-order valence-electron chi connectivity index (χ0n) is 14.6. The highest BCUT2D eigenvalue weighted by atomic mass is 32.2. The summed E-state index contributed by atoms with van der Waals surface area (Å²) in [5.74, 6) is 0.375. The molecule has 1 saturated carbocycles. The van der Waals surface area contributed by atoms with Gasteiger partial charge in [0.05, 0.1) is 12.3 Å². The number of hydrogen-bond acceptors (Lipinski definition) is 5. The van der Waals surface area contributed by atoms with Gasteiger partial charge in [-0.15, -0.1) is 0 Å². The van der Waals surface area contributed by atoms with Gasteiger partial charge in [0.2, 0.25) is 10.0 Å². The number of carbonyl (C=O) groups is 1. The fraction of sp³-hybridized carbons (Fsp3) is 0.556. The fourth-order valence-corrected chi connectivity index (χ4v) is 5.04. The van der Waals surface area contributed by atoms with Crippen molar-refractivity contribution in [1.29, 1.82) is 0 Å². The topological polar surface area (TPSA) is 88.1 Å². The van der Waals surface area contributed by atoms with Gasteiger partial charge in [-0.1, -0.05) is 35.5 Å². The van der Waals surface area contributed by atoms with Crippen molar-refractivity contribution >= 4 is 21.6 Å². The molecule has 0 bridgehead atoms. The Morgan fingerprint density at radius 2 is 2.08 bits per heavy atom. The van der Waals surface area contributed by atoms with E-state index in [0.717, 1.165) is 5.56 Å². The molecular formula is C18H23N3O4S. The second-order valence-electron chi connectivity index (χ2n) is 7.47. The average Bonchev–Trinajstić information content (AvgIpc) is 3.21. The molecule has 1 saturated heterocycles. The Morgan fingerprint density at radius 1 is 1.31 bits per heavy atom. The van der Waals surface area contributed by atoms with Crippen molar-refractivity contribution in [2.45, 2.75) is 37.0 Å². The molecule has 1 atom stereocenters. The van der Waals surface area contributed by atoms with Crippen molar-refractivity contribution in [2.75, 3.05) is 19.6 Å². The molecule has 4 rings (SSSR count). The van der Waals surface area contributed by atoms with Gasteiger partial charge in [-0.3, -0.25) is 4.79 Å². The van der Waals surface area contributed by atoms with Gasteiger partial charge >= 0.3 is 0 Å².